The Morgan fingerprint density at radius 3 is 2.88 bits per heavy atom. The van der Waals surface area contributed by atoms with Crippen LogP contribution in [0.15, 0.2) is 28.7 Å². The van der Waals surface area contributed by atoms with Crippen molar-refractivity contribution in [1.29, 1.82) is 0 Å². The van der Waals surface area contributed by atoms with E-state index in [1.807, 2.05) is 25.2 Å². The molecule has 0 saturated carbocycles. The molecule has 17 heavy (non-hydrogen) atoms. The van der Waals surface area contributed by atoms with E-state index in [0.717, 1.165) is 23.1 Å². The van der Waals surface area contributed by atoms with E-state index in [0.29, 0.717) is 18.9 Å². The van der Waals surface area contributed by atoms with Gasteiger partial charge in [-0.05, 0) is 36.7 Å². The van der Waals surface area contributed by atoms with E-state index < -0.39 is 0 Å². The number of nitrogens with zero attached hydrogens (tertiary/aromatic N) is 1. The molecule has 1 heterocycles. The summed E-state index contributed by atoms with van der Waals surface area (Å²) in [6.07, 6.45) is 0.664. The van der Waals surface area contributed by atoms with Crippen molar-refractivity contribution >= 4 is 21.8 Å². The molecule has 1 amide bonds. The molecule has 1 aliphatic rings. The number of benzene rings is 1. The molecule has 1 aromatic carbocycles. The Hall–Kier alpha value is -0.870. The normalized spacial score (nSPS) is 15.4. The van der Waals surface area contributed by atoms with Crippen LogP contribution >= 0.6 is 15.9 Å². The van der Waals surface area contributed by atoms with Crippen molar-refractivity contribution in [2.24, 2.45) is 5.92 Å². The minimum Gasteiger partial charge on any atom is -0.341 e. The van der Waals surface area contributed by atoms with Crippen LogP contribution in [0.25, 0.3) is 0 Å². The van der Waals surface area contributed by atoms with Gasteiger partial charge in [-0.2, -0.15) is 0 Å². The molecule has 0 unspecified atom stereocenters. The van der Waals surface area contributed by atoms with Crippen LogP contribution in [0.4, 0.5) is 0 Å². The van der Waals surface area contributed by atoms with Crippen LogP contribution < -0.4 is 5.32 Å². The van der Waals surface area contributed by atoms with Gasteiger partial charge in [0.05, 0.1) is 0 Å². The number of halogens is 1. The molecule has 0 spiro atoms. The molecule has 1 fully saturated rings. The fourth-order valence-corrected chi connectivity index (χ4v) is 2.34. The molecule has 3 nitrogen and oxygen atoms in total. The fraction of sp³-hybridized carbons (Fsp3) is 0.462. The maximum Gasteiger partial charge on any atom is 0.222 e. The Labute approximate surface area is 110 Å². The van der Waals surface area contributed by atoms with Gasteiger partial charge < -0.3 is 10.2 Å². The molecule has 4 heteroatoms. The number of carbonyl (C=O) groups is 1. The zero-order valence-corrected chi connectivity index (χ0v) is 11.5. The third-order valence-electron chi connectivity index (χ3n) is 3.06. The maximum atomic E-state index is 11.9. The third kappa shape index (κ3) is 3.54. The second kappa shape index (κ2) is 5.65. The lowest BCUT2D eigenvalue weighted by atomic mass is 9.99. The van der Waals surface area contributed by atoms with Crippen molar-refractivity contribution in [2.45, 2.75) is 13.0 Å². The van der Waals surface area contributed by atoms with Crippen molar-refractivity contribution in [3.63, 3.8) is 0 Å². The lowest BCUT2D eigenvalue weighted by molar-refractivity contribution is -0.131. The first kappa shape index (κ1) is 12.6. The van der Waals surface area contributed by atoms with Gasteiger partial charge in [0.15, 0.2) is 0 Å². The highest BCUT2D eigenvalue weighted by molar-refractivity contribution is 9.10. The Kier molecular flexibility index (Phi) is 4.18. The predicted octanol–water partition coefficient (Wildman–Crippen LogP) is 2.02. The summed E-state index contributed by atoms with van der Waals surface area (Å²) in [5.41, 5.74) is 1.15. The number of carbonyl (C=O) groups excluding carboxylic acids is 1. The monoisotopic (exact) mass is 296 g/mol. The molecule has 1 N–H and O–H groups in total. The van der Waals surface area contributed by atoms with Gasteiger partial charge in [0.25, 0.3) is 0 Å². The zero-order chi connectivity index (χ0) is 12.3. The summed E-state index contributed by atoms with van der Waals surface area (Å²) in [6.45, 7) is 2.64. The number of hydrogen-bond donors (Lipinski definition) is 1. The highest BCUT2D eigenvalue weighted by Crippen LogP contribution is 2.15. The van der Waals surface area contributed by atoms with E-state index in [-0.39, 0.29) is 5.91 Å². The van der Waals surface area contributed by atoms with E-state index in [2.05, 4.69) is 27.3 Å². The van der Waals surface area contributed by atoms with Gasteiger partial charge in [0.2, 0.25) is 5.91 Å². The van der Waals surface area contributed by atoms with Gasteiger partial charge in [0, 0.05) is 24.5 Å². The Bertz CT molecular complexity index is 404. The number of amides is 1. The lowest BCUT2D eigenvalue weighted by Gasteiger charge is -2.28. The zero-order valence-electron chi connectivity index (χ0n) is 9.95. The quantitative estimate of drug-likeness (QED) is 0.922. The first-order valence-electron chi connectivity index (χ1n) is 5.84. The maximum absolute atomic E-state index is 11.9. The Balaban J connectivity index is 1.87. The minimum absolute atomic E-state index is 0.233. The topological polar surface area (TPSA) is 32.3 Å². The summed E-state index contributed by atoms with van der Waals surface area (Å²) in [5, 5.41) is 3.19. The van der Waals surface area contributed by atoms with Crippen molar-refractivity contribution in [2.75, 3.05) is 20.1 Å². The fourth-order valence-electron chi connectivity index (χ4n) is 1.89. The summed E-state index contributed by atoms with van der Waals surface area (Å²) in [5.74, 6) is 0.768. The van der Waals surface area contributed by atoms with Crippen LogP contribution in [-0.4, -0.2) is 30.9 Å². The first-order chi connectivity index (χ1) is 8.15. The third-order valence-corrected chi connectivity index (χ3v) is 3.56. The van der Waals surface area contributed by atoms with Crippen LogP contribution in [0, 0.1) is 5.92 Å². The summed E-state index contributed by atoms with van der Waals surface area (Å²) < 4.78 is 1.05. The SMILES string of the molecule is CN(Cc1cccc(Br)c1)C(=O)CC1CNC1. The van der Waals surface area contributed by atoms with E-state index in [1.165, 1.54) is 0 Å². The summed E-state index contributed by atoms with van der Waals surface area (Å²) in [4.78, 5) is 13.7. The first-order valence-corrected chi connectivity index (χ1v) is 6.63. The van der Waals surface area contributed by atoms with Crippen LogP contribution in [0.1, 0.15) is 12.0 Å². The van der Waals surface area contributed by atoms with E-state index in [1.54, 1.807) is 4.90 Å². The number of nitrogens with one attached hydrogen (secondary N) is 1. The van der Waals surface area contributed by atoms with Crippen molar-refractivity contribution in [3.05, 3.63) is 34.3 Å². The van der Waals surface area contributed by atoms with Gasteiger partial charge >= 0.3 is 0 Å². The Morgan fingerprint density at radius 2 is 2.29 bits per heavy atom. The van der Waals surface area contributed by atoms with E-state index in [9.17, 15) is 4.79 Å². The molecule has 0 bridgehead atoms. The van der Waals surface area contributed by atoms with Crippen molar-refractivity contribution in [1.82, 2.24) is 10.2 Å². The summed E-state index contributed by atoms with van der Waals surface area (Å²) >= 11 is 3.44. The molecule has 1 saturated heterocycles. The lowest BCUT2D eigenvalue weighted by Crippen LogP contribution is -2.44. The molecule has 2 rings (SSSR count). The van der Waals surface area contributed by atoms with E-state index >= 15 is 0 Å². The molecular formula is C13H17BrN2O. The summed E-state index contributed by atoms with van der Waals surface area (Å²) in [7, 11) is 1.87. The highest BCUT2D eigenvalue weighted by atomic mass is 79.9. The van der Waals surface area contributed by atoms with Crippen molar-refractivity contribution in [3.8, 4) is 0 Å². The number of rotatable bonds is 4. The average molecular weight is 297 g/mol. The van der Waals surface area contributed by atoms with Gasteiger partial charge in [-0.15, -0.1) is 0 Å². The van der Waals surface area contributed by atoms with E-state index in [4.69, 9.17) is 0 Å². The van der Waals surface area contributed by atoms with Gasteiger partial charge in [-0.25, -0.2) is 0 Å². The molecule has 1 aromatic rings. The second-order valence-corrected chi connectivity index (χ2v) is 5.52. The molecule has 1 aliphatic heterocycles. The summed E-state index contributed by atoms with van der Waals surface area (Å²) in [6, 6.07) is 8.08. The average Bonchev–Trinajstić information content (AvgIpc) is 2.23. The van der Waals surface area contributed by atoms with Crippen LogP contribution in [0.3, 0.4) is 0 Å². The van der Waals surface area contributed by atoms with Gasteiger partial charge in [-0.3, -0.25) is 4.79 Å². The van der Waals surface area contributed by atoms with Crippen molar-refractivity contribution < 1.29 is 4.79 Å². The minimum atomic E-state index is 0.233. The standard InChI is InChI=1S/C13H17BrN2O/c1-16(13(17)6-11-7-15-8-11)9-10-3-2-4-12(14)5-10/h2-5,11,15H,6-9H2,1H3. The van der Waals surface area contributed by atoms with Gasteiger partial charge in [0.1, 0.15) is 0 Å². The van der Waals surface area contributed by atoms with Crippen LogP contribution in [0.2, 0.25) is 0 Å². The molecule has 0 radical (unpaired) electrons. The van der Waals surface area contributed by atoms with Crippen LogP contribution in [0.5, 0.6) is 0 Å². The Morgan fingerprint density at radius 1 is 1.53 bits per heavy atom. The molecule has 0 aliphatic carbocycles. The molecule has 92 valence electrons. The highest BCUT2D eigenvalue weighted by Gasteiger charge is 2.21. The predicted molar refractivity (Wildman–Crippen MR) is 71.6 cm³/mol. The van der Waals surface area contributed by atoms with Gasteiger partial charge in [-0.1, -0.05) is 28.1 Å². The van der Waals surface area contributed by atoms with Crippen LogP contribution in [-0.2, 0) is 11.3 Å². The largest absolute Gasteiger partial charge is 0.341 e. The second-order valence-electron chi connectivity index (χ2n) is 4.61. The smallest absolute Gasteiger partial charge is 0.222 e. The molecular weight excluding hydrogens is 280 g/mol. The molecule has 0 atom stereocenters. The number of hydrogen-bond acceptors (Lipinski definition) is 2. The molecule has 0 aromatic heterocycles.